The molecule has 1 atom stereocenters. The molecule has 0 aromatic heterocycles. The number of methoxy groups -OCH3 is 1. The van der Waals surface area contributed by atoms with Gasteiger partial charge in [0, 0.05) is 12.0 Å². The second kappa shape index (κ2) is 8.50. The molecule has 0 fully saturated rings. The minimum Gasteiger partial charge on any atom is -0.497 e. The Hall–Kier alpha value is -2.85. The highest BCUT2D eigenvalue weighted by atomic mass is 16.5. The van der Waals surface area contributed by atoms with Crippen molar-refractivity contribution in [2.24, 2.45) is 0 Å². The number of aliphatic hydroxyl groups is 1. The molecule has 2 aromatic carbocycles. The molecule has 0 aliphatic heterocycles. The van der Waals surface area contributed by atoms with Crippen molar-refractivity contribution < 1.29 is 19.7 Å². The summed E-state index contributed by atoms with van der Waals surface area (Å²) in [5.74, 6) is -0.494. The van der Waals surface area contributed by atoms with Crippen LogP contribution >= 0.6 is 0 Å². The van der Waals surface area contributed by atoms with Gasteiger partial charge in [-0.05, 0) is 42.7 Å². The second-order valence-electron chi connectivity index (χ2n) is 6.15. The first-order valence-corrected chi connectivity index (χ1v) is 8.38. The van der Waals surface area contributed by atoms with E-state index < -0.39 is 12.1 Å². The number of carboxylic acids is 1. The third-order valence-electron chi connectivity index (χ3n) is 4.29. The van der Waals surface area contributed by atoms with Crippen LogP contribution in [0.5, 0.6) is 5.75 Å². The molecular formula is C22H24O4. The van der Waals surface area contributed by atoms with Crippen LogP contribution in [0.4, 0.5) is 0 Å². The Morgan fingerprint density at radius 3 is 2.42 bits per heavy atom. The lowest BCUT2D eigenvalue weighted by molar-refractivity contribution is 0.0694. The summed E-state index contributed by atoms with van der Waals surface area (Å²) < 4.78 is 5.38. The summed E-state index contributed by atoms with van der Waals surface area (Å²) in [5.41, 5.74) is 3.54. The fourth-order valence-corrected chi connectivity index (χ4v) is 2.89. The number of rotatable bonds is 7. The fourth-order valence-electron chi connectivity index (χ4n) is 2.89. The van der Waals surface area contributed by atoms with Gasteiger partial charge < -0.3 is 14.9 Å². The average Bonchev–Trinajstić information content (AvgIpc) is 2.62. The number of ether oxygens (including phenoxy) is 1. The summed E-state index contributed by atoms with van der Waals surface area (Å²) in [7, 11) is 1.54. The van der Waals surface area contributed by atoms with Gasteiger partial charge in [-0.25, -0.2) is 4.79 Å². The van der Waals surface area contributed by atoms with E-state index in [4.69, 9.17) is 4.74 Å². The van der Waals surface area contributed by atoms with Crippen molar-refractivity contribution in [1.29, 1.82) is 0 Å². The van der Waals surface area contributed by atoms with Gasteiger partial charge in [0.1, 0.15) is 5.75 Å². The van der Waals surface area contributed by atoms with Crippen LogP contribution in [0.15, 0.2) is 60.7 Å². The second-order valence-corrected chi connectivity index (χ2v) is 6.15. The first-order valence-electron chi connectivity index (χ1n) is 8.38. The Morgan fingerprint density at radius 2 is 1.92 bits per heavy atom. The topological polar surface area (TPSA) is 66.8 Å². The van der Waals surface area contributed by atoms with Crippen LogP contribution in [-0.4, -0.2) is 29.4 Å². The van der Waals surface area contributed by atoms with Gasteiger partial charge in [0.15, 0.2) is 0 Å². The number of hydrogen-bond acceptors (Lipinski definition) is 3. The van der Waals surface area contributed by atoms with Gasteiger partial charge in [-0.3, -0.25) is 0 Å². The van der Waals surface area contributed by atoms with Gasteiger partial charge >= 0.3 is 5.97 Å². The molecule has 2 rings (SSSR count). The van der Waals surface area contributed by atoms with Crippen LogP contribution in [0, 0.1) is 0 Å². The van der Waals surface area contributed by atoms with Crippen molar-refractivity contribution in [3.8, 4) is 5.75 Å². The Labute approximate surface area is 154 Å². The minimum atomic E-state index is -1.04. The normalized spacial score (nSPS) is 12.5. The summed E-state index contributed by atoms with van der Waals surface area (Å²) in [6.45, 7) is 7.34. The molecule has 0 heterocycles. The van der Waals surface area contributed by atoms with Crippen LogP contribution in [0.3, 0.4) is 0 Å². The Kier molecular flexibility index (Phi) is 6.36. The monoisotopic (exact) mass is 352 g/mol. The quantitative estimate of drug-likeness (QED) is 0.728. The summed E-state index contributed by atoms with van der Waals surface area (Å²) in [5, 5.41) is 20.1. The summed E-state index contributed by atoms with van der Waals surface area (Å²) in [6.07, 6.45) is 1.22. The maximum Gasteiger partial charge on any atom is 0.336 e. The van der Waals surface area contributed by atoms with E-state index in [0.717, 1.165) is 11.1 Å². The van der Waals surface area contributed by atoms with E-state index in [1.54, 1.807) is 19.1 Å². The lowest BCUT2D eigenvalue weighted by Gasteiger charge is -2.19. The van der Waals surface area contributed by atoms with Crippen molar-refractivity contribution in [3.63, 3.8) is 0 Å². The van der Waals surface area contributed by atoms with E-state index in [1.807, 2.05) is 43.3 Å². The molecule has 26 heavy (non-hydrogen) atoms. The standard InChI is InChI=1S/C22H24O4/c1-5-18(15-9-7-6-8-10-15)19-13-17(26-4)11-16(21(19)22(24)25)12-20(23)14(2)3/h5-11,13,20,23H,2,12H2,1,3-4H3,(H,24,25)/b18-5+. The highest BCUT2D eigenvalue weighted by molar-refractivity contribution is 5.98. The molecule has 4 heteroatoms. The van der Waals surface area contributed by atoms with Gasteiger partial charge in [0.25, 0.3) is 0 Å². The number of aliphatic hydroxyl groups excluding tert-OH is 1. The molecule has 2 N–H and O–H groups in total. The molecule has 0 saturated heterocycles. The maximum absolute atomic E-state index is 12.1. The summed E-state index contributed by atoms with van der Waals surface area (Å²) in [4.78, 5) is 12.1. The molecule has 0 radical (unpaired) electrons. The van der Waals surface area contributed by atoms with E-state index in [9.17, 15) is 15.0 Å². The van der Waals surface area contributed by atoms with E-state index in [-0.39, 0.29) is 12.0 Å². The molecule has 0 saturated carbocycles. The number of hydrogen-bond donors (Lipinski definition) is 2. The maximum atomic E-state index is 12.1. The van der Waals surface area contributed by atoms with Crippen molar-refractivity contribution in [2.75, 3.05) is 7.11 Å². The molecule has 1 unspecified atom stereocenters. The lowest BCUT2D eigenvalue weighted by Crippen LogP contribution is -2.16. The fraction of sp³-hybridized carbons (Fsp3) is 0.227. The van der Waals surface area contributed by atoms with Gasteiger partial charge in [-0.1, -0.05) is 48.6 Å². The first kappa shape index (κ1) is 19.5. The largest absolute Gasteiger partial charge is 0.497 e. The van der Waals surface area contributed by atoms with Gasteiger partial charge in [0.05, 0.1) is 18.8 Å². The summed E-state index contributed by atoms with van der Waals surface area (Å²) in [6, 6.07) is 13.0. The molecule has 4 nitrogen and oxygen atoms in total. The minimum absolute atomic E-state index is 0.160. The average molecular weight is 352 g/mol. The van der Waals surface area contributed by atoms with Crippen LogP contribution < -0.4 is 4.74 Å². The van der Waals surface area contributed by atoms with E-state index >= 15 is 0 Å². The zero-order valence-corrected chi connectivity index (χ0v) is 15.3. The highest BCUT2D eigenvalue weighted by Crippen LogP contribution is 2.33. The van der Waals surface area contributed by atoms with E-state index in [1.165, 1.54) is 7.11 Å². The molecule has 136 valence electrons. The van der Waals surface area contributed by atoms with Gasteiger partial charge in [-0.2, -0.15) is 0 Å². The Morgan fingerprint density at radius 1 is 1.27 bits per heavy atom. The van der Waals surface area contributed by atoms with Crippen LogP contribution in [-0.2, 0) is 6.42 Å². The van der Waals surface area contributed by atoms with Crippen molar-refractivity contribution >= 4 is 11.5 Å². The van der Waals surface area contributed by atoms with Crippen molar-refractivity contribution in [2.45, 2.75) is 26.4 Å². The molecule has 0 bridgehead atoms. The van der Waals surface area contributed by atoms with Crippen molar-refractivity contribution in [1.82, 2.24) is 0 Å². The van der Waals surface area contributed by atoms with E-state index in [2.05, 4.69) is 6.58 Å². The Balaban J connectivity index is 2.71. The number of aromatic carboxylic acids is 1. The Bertz CT molecular complexity index is 835. The van der Waals surface area contributed by atoms with Crippen LogP contribution in [0.1, 0.15) is 40.9 Å². The molecule has 0 aliphatic carbocycles. The molecule has 2 aromatic rings. The predicted octanol–water partition coefficient (Wildman–Crippen LogP) is 4.32. The van der Waals surface area contributed by atoms with Crippen LogP contribution in [0.2, 0.25) is 0 Å². The number of allylic oxidation sites excluding steroid dienone is 1. The molecular weight excluding hydrogens is 328 g/mol. The first-order chi connectivity index (χ1) is 12.4. The zero-order chi connectivity index (χ0) is 19.3. The third kappa shape index (κ3) is 4.21. The molecule has 0 spiro atoms. The number of benzene rings is 2. The predicted molar refractivity (Wildman–Crippen MR) is 104 cm³/mol. The van der Waals surface area contributed by atoms with Crippen molar-refractivity contribution in [3.05, 3.63) is 82.9 Å². The molecule has 0 amide bonds. The SMILES string of the molecule is C=C(C)C(O)Cc1cc(OC)cc(/C(=C/C)c2ccccc2)c1C(=O)O. The highest BCUT2D eigenvalue weighted by Gasteiger charge is 2.22. The van der Waals surface area contributed by atoms with Gasteiger partial charge in [0.2, 0.25) is 0 Å². The van der Waals surface area contributed by atoms with Gasteiger partial charge in [-0.15, -0.1) is 0 Å². The zero-order valence-electron chi connectivity index (χ0n) is 15.3. The molecule has 0 aliphatic rings. The number of carbonyl (C=O) groups is 1. The van der Waals surface area contributed by atoms with Crippen LogP contribution in [0.25, 0.3) is 5.57 Å². The number of carboxylic acid groups (broad SMARTS) is 1. The summed E-state index contributed by atoms with van der Waals surface area (Å²) >= 11 is 0. The smallest absolute Gasteiger partial charge is 0.336 e. The third-order valence-corrected chi connectivity index (χ3v) is 4.29. The lowest BCUT2D eigenvalue weighted by atomic mass is 9.88. The van der Waals surface area contributed by atoms with E-state index in [0.29, 0.717) is 22.4 Å².